The Kier molecular flexibility index (Phi) is 6.60. The minimum Gasteiger partial charge on any atom is -0.481 e. The van der Waals surface area contributed by atoms with Gasteiger partial charge in [0.05, 0.1) is 12.0 Å². The fourth-order valence-corrected chi connectivity index (χ4v) is 2.86. The first-order valence-electron chi connectivity index (χ1n) is 7.53. The molecule has 5 nitrogen and oxygen atoms in total. The number of anilines is 1. The number of nitrogens with zero attached hydrogens (tertiary/aromatic N) is 1. The van der Waals surface area contributed by atoms with E-state index in [-0.39, 0.29) is 18.9 Å². The van der Waals surface area contributed by atoms with E-state index in [9.17, 15) is 9.59 Å². The lowest BCUT2D eigenvalue weighted by Crippen LogP contribution is -2.33. The number of halogens is 1. The zero-order valence-electron chi connectivity index (χ0n) is 13.3. The first-order valence-corrected chi connectivity index (χ1v) is 8.61. The molecule has 0 bridgehead atoms. The summed E-state index contributed by atoms with van der Waals surface area (Å²) in [6, 6.07) is 15.1. The molecular weight excluding hydrogens is 419 g/mol. The number of carbonyl (C=O) groups is 2. The molecule has 6 heteroatoms. The van der Waals surface area contributed by atoms with E-state index in [1.54, 1.807) is 18.0 Å². The molecule has 0 aliphatic rings. The van der Waals surface area contributed by atoms with Gasteiger partial charge in [-0.25, -0.2) is 0 Å². The van der Waals surface area contributed by atoms with E-state index in [4.69, 9.17) is 5.11 Å². The monoisotopic (exact) mass is 438 g/mol. The Morgan fingerprint density at radius 3 is 2.50 bits per heavy atom. The average Bonchev–Trinajstić information content (AvgIpc) is 2.58. The second-order valence-electron chi connectivity index (χ2n) is 5.30. The molecule has 2 N–H and O–H groups in total. The summed E-state index contributed by atoms with van der Waals surface area (Å²) < 4.78 is 1.02. The third-order valence-electron chi connectivity index (χ3n) is 3.58. The van der Waals surface area contributed by atoms with Crippen LogP contribution in [0.1, 0.15) is 22.3 Å². The zero-order chi connectivity index (χ0) is 17.5. The van der Waals surface area contributed by atoms with Crippen molar-refractivity contribution in [1.82, 2.24) is 4.90 Å². The van der Waals surface area contributed by atoms with Gasteiger partial charge in [0.15, 0.2) is 0 Å². The molecule has 126 valence electrons. The highest BCUT2D eigenvalue weighted by Gasteiger charge is 2.20. The summed E-state index contributed by atoms with van der Waals surface area (Å²) >= 11 is 2.19. The third-order valence-corrected chi connectivity index (χ3v) is 4.25. The number of amides is 1. The summed E-state index contributed by atoms with van der Waals surface area (Å²) in [7, 11) is 1.76. The zero-order valence-corrected chi connectivity index (χ0v) is 15.5. The molecule has 2 rings (SSSR count). The lowest BCUT2D eigenvalue weighted by molar-refractivity contribution is -0.137. The van der Waals surface area contributed by atoms with Crippen LogP contribution in [0, 0.1) is 3.57 Å². The van der Waals surface area contributed by atoms with E-state index < -0.39 is 5.97 Å². The van der Waals surface area contributed by atoms with Crippen LogP contribution in [0.5, 0.6) is 0 Å². The van der Waals surface area contributed by atoms with Gasteiger partial charge in [0.1, 0.15) is 0 Å². The van der Waals surface area contributed by atoms with Crippen molar-refractivity contribution in [3.8, 4) is 0 Å². The van der Waals surface area contributed by atoms with Crippen molar-refractivity contribution in [2.75, 3.05) is 18.9 Å². The van der Waals surface area contributed by atoms with Gasteiger partial charge in [-0.1, -0.05) is 30.3 Å². The average molecular weight is 438 g/mol. The smallest absolute Gasteiger partial charge is 0.305 e. The van der Waals surface area contributed by atoms with Gasteiger partial charge in [-0.05, 0) is 46.4 Å². The molecule has 0 heterocycles. The molecule has 1 amide bonds. The van der Waals surface area contributed by atoms with Crippen LogP contribution in [0.3, 0.4) is 0 Å². The van der Waals surface area contributed by atoms with Crippen molar-refractivity contribution in [2.45, 2.75) is 13.0 Å². The number of rotatable bonds is 7. The third kappa shape index (κ3) is 4.95. The molecule has 0 unspecified atom stereocenters. The number of carbonyl (C=O) groups excluding carboxylic acids is 1. The van der Waals surface area contributed by atoms with E-state index in [2.05, 4.69) is 27.9 Å². The highest BCUT2D eigenvalue weighted by Crippen LogP contribution is 2.21. The van der Waals surface area contributed by atoms with Crippen LogP contribution in [0.25, 0.3) is 0 Å². The van der Waals surface area contributed by atoms with E-state index in [0.29, 0.717) is 12.1 Å². The van der Waals surface area contributed by atoms with Crippen LogP contribution in [-0.2, 0) is 11.3 Å². The number of hydrogen-bond acceptors (Lipinski definition) is 3. The van der Waals surface area contributed by atoms with Crippen LogP contribution >= 0.6 is 22.6 Å². The minimum atomic E-state index is -0.919. The number of carboxylic acids is 1. The summed E-state index contributed by atoms with van der Waals surface area (Å²) in [5.41, 5.74) is 2.24. The highest BCUT2D eigenvalue weighted by molar-refractivity contribution is 14.1. The summed E-state index contributed by atoms with van der Waals surface area (Å²) in [5, 5.41) is 12.0. The summed E-state index contributed by atoms with van der Waals surface area (Å²) in [6.07, 6.45) is -0.0855. The fourth-order valence-electron chi connectivity index (χ4n) is 2.37. The van der Waals surface area contributed by atoms with Gasteiger partial charge < -0.3 is 15.3 Å². The van der Waals surface area contributed by atoms with Crippen molar-refractivity contribution < 1.29 is 14.7 Å². The largest absolute Gasteiger partial charge is 0.481 e. The van der Waals surface area contributed by atoms with Crippen molar-refractivity contribution in [2.24, 2.45) is 0 Å². The van der Waals surface area contributed by atoms with Crippen LogP contribution in [0.4, 0.5) is 5.69 Å². The molecule has 2 aromatic carbocycles. The maximum Gasteiger partial charge on any atom is 0.305 e. The second kappa shape index (κ2) is 8.68. The van der Waals surface area contributed by atoms with Gasteiger partial charge in [-0.2, -0.15) is 0 Å². The number of nitrogens with one attached hydrogen (secondary N) is 1. The SMILES string of the molecule is CNc1cc(I)ccc1C(=O)N(CCC(=O)O)Cc1ccccc1. The second-order valence-corrected chi connectivity index (χ2v) is 6.54. The number of aliphatic carboxylic acids is 1. The predicted octanol–water partition coefficient (Wildman–Crippen LogP) is 3.45. The lowest BCUT2D eigenvalue weighted by atomic mass is 10.1. The first kappa shape index (κ1) is 18.3. The molecule has 0 aromatic heterocycles. The van der Waals surface area contributed by atoms with Gasteiger partial charge in [0, 0.05) is 29.4 Å². The molecule has 0 atom stereocenters. The molecule has 0 fully saturated rings. The normalized spacial score (nSPS) is 10.2. The Labute approximate surface area is 154 Å². The maximum absolute atomic E-state index is 12.9. The Morgan fingerprint density at radius 2 is 1.88 bits per heavy atom. The Hall–Kier alpha value is -2.09. The topological polar surface area (TPSA) is 69.6 Å². The molecular formula is C18H19IN2O3. The maximum atomic E-state index is 12.9. The van der Waals surface area contributed by atoms with Crippen molar-refractivity contribution in [3.63, 3.8) is 0 Å². The molecule has 0 saturated heterocycles. The van der Waals surface area contributed by atoms with E-state index >= 15 is 0 Å². The summed E-state index contributed by atoms with van der Waals surface area (Å²) in [4.78, 5) is 25.5. The molecule has 0 aliphatic carbocycles. The van der Waals surface area contributed by atoms with Crippen molar-refractivity contribution in [1.29, 1.82) is 0 Å². The molecule has 0 aliphatic heterocycles. The predicted molar refractivity (Wildman–Crippen MR) is 102 cm³/mol. The van der Waals surface area contributed by atoms with E-state index in [1.165, 1.54) is 0 Å². The van der Waals surface area contributed by atoms with Gasteiger partial charge in [0.2, 0.25) is 0 Å². The molecule has 24 heavy (non-hydrogen) atoms. The molecule has 0 spiro atoms. The fraction of sp³-hybridized carbons (Fsp3) is 0.222. The van der Waals surface area contributed by atoms with Gasteiger partial charge in [-0.15, -0.1) is 0 Å². The van der Waals surface area contributed by atoms with Gasteiger partial charge in [0.25, 0.3) is 5.91 Å². The Morgan fingerprint density at radius 1 is 1.17 bits per heavy atom. The standard InChI is InChI=1S/C18H19IN2O3/c1-20-16-11-14(19)7-8-15(16)18(24)21(10-9-17(22)23)12-13-5-3-2-4-6-13/h2-8,11,20H,9-10,12H2,1H3,(H,22,23). The summed E-state index contributed by atoms with van der Waals surface area (Å²) in [5.74, 6) is -1.10. The van der Waals surface area contributed by atoms with Crippen molar-refractivity contribution >= 4 is 40.2 Å². The van der Waals surface area contributed by atoms with E-state index in [0.717, 1.165) is 14.8 Å². The van der Waals surface area contributed by atoms with Gasteiger partial charge >= 0.3 is 5.97 Å². The number of hydrogen-bond donors (Lipinski definition) is 2. The highest BCUT2D eigenvalue weighted by atomic mass is 127. The molecule has 0 radical (unpaired) electrons. The molecule has 2 aromatic rings. The van der Waals surface area contributed by atoms with Crippen molar-refractivity contribution in [3.05, 3.63) is 63.2 Å². The number of carboxylic acid groups (broad SMARTS) is 1. The lowest BCUT2D eigenvalue weighted by Gasteiger charge is -2.23. The van der Waals surface area contributed by atoms with Crippen LogP contribution in [0.2, 0.25) is 0 Å². The van der Waals surface area contributed by atoms with E-state index in [1.807, 2.05) is 42.5 Å². The van der Waals surface area contributed by atoms with Gasteiger partial charge in [-0.3, -0.25) is 9.59 Å². The quantitative estimate of drug-likeness (QED) is 0.650. The van der Waals surface area contributed by atoms with Crippen LogP contribution in [-0.4, -0.2) is 35.5 Å². The number of benzene rings is 2. The Bertz CT molecular complexity index is 719. The van der Waals surface area contributed by atoms with Crippen LogP contribution < -0.4 is 5.32 Å². The van der Waals surface area contributed by atoms with Crippen LogP contribution in [0.15, 0.2) is 48.5 Å². The Balaban J connectivity index is 2.28. The molecule has 0 saturated carbocycles. The first-order chi connectivity index (χ1) is 11.5. The minimum absolute atomic E-state index is 0.0855. The summed E-state index contributed by atoms with van der Waals surface area (Å²) in [6.45, 7) is 0.542.